The third-order valence-electron chi connectivity index (χ3n) is 3.69. The van der Waals surface area contributed by atoms with Crippen molar-refractivity contribution < 1.29 is 18.0 Å². The second kappa shape index (κ2) is 5.30. The number of ketones is 1. The van der Waals surface area contributed by atoms with Crippen LogP contribution in [-0.4, -0.2) is 5.78 Å². The molecule has 0 atom stereocenters. The molecule has 0 bridgehead atoms. The molecule has 0 N–H and O–H groups in total. The van der Waals surface area contributed by atoms with Crippen molar-refractivity contribution in [2.75, 3.05) is 0 Å². The third-order valence-corrected chi connectivity index (χ3v) is 4.93. The quantitative estimate of drug-likeness (QED) is 0.723. The maximum Gasteiger partial charge on any atom is 0.416 e. The van der Waals surface area contributed by atoms with Gasteiger partial charge in [-0.3, -0.25) is 4.79 Å². The van der Waals surface area contributed by atoms with Crippen molar-refractivity contribution in [3.63, 3.8) is 0 Å². The molecule has 0 radical (unpaired) electrons. The van der Waals surface area contributed by atoms with Crippen molar-refractivity contribution in [1.29, 1.82) is 0 Å². The summed E-state index contributed by atoms with van der Waals surface area (Å²) in [6.07, 6.45) is -0.102. The van der Waals surface area contributed by atoms with E-state index in [-0.39, 0.29) is 5.78 Å². The van der Waals surface area contributed by atoms with E-state index in [2.05, 4.69) is 0 Å². The lowest BCUT2D eigenvalue weighted by Crippen LogP contribution is -2.06. The van der Waals surface area contributed by atoms with Crippen molar-refractivity contribution in [2.24, 2.45) is 0 Å². The van der Waals surface area contributed by atoms with Gasteiger partial charge in [0.05, 0.1) is 10.4 Å². The maximum absolute atomic E-state index is 12.5. The van der Waals surface area contributed by atoms with E-state index in [9.17, 15) is 18.0 Å². The normalized spacial score (nSPS) is 14.8. The van der Waals surface area contributed by atoms with Crippen LogP contribution in [0, 0.1) is 0 Å². The van der Waals surface area contributed by atoms with Gasteiger partial charge in [-0.2, -0.15) is 13.2 Å². The van der Waals surface area contributed by atoms with E-state index >= 15 is 0 Å². The Morgan fingerprint density at radius 3 is 2.33 bits per heavy atom. The number of fused-ring (bicyclic) bond motifs is 1. The predicted octanol–water partition coefficient (Wildman–Crippen LogP) is 4.88. The molecule has 1 aliphatic rings. The Morgan fingerprint density at radius 1 is 1.05 bits per heavy atom. The van der Waals surface area contributed by atoms with Gasteiger partial charge in [-0.05, 0) is 49.4 Å². The van der Waals surface area contributed by atoms with Crippen molar-refractivity contribution in [1.82, 2.24) is 0 Å². The highest BCUT2D eigenvalue weighted by Gasteiger charge is 2.30. The zero-order valence-electron chi connectivity index (χ0n) is 11.2. The van der Waals surface area contributed by atoms with Gasteiger partial charge < -0.3 is 0 Å². The standard InChI is InChI=1S/C16H13F3OS/c17-16(18,19)12-7-5-10(6-8-12)15(20)14-9-11-3-1-2-4-13(11)21-14/h5-9H,1-4H2. The van der Waals surface area contributed by atoms with Crippen LogP contribution in [0.2, 0.25) is 0 Å². The molecule has 2 aromatic rings. The van der Waals surface area contributed by atoms with Crippen LogP contribution >= 0.6 is 11.3 Å². The van der Waals surface area contributed by atoms with Crippen molar-refractivity contribution in [3.05, 3.63) is 56.8 Å². The van der Waals surface area contributed by atoms with Crippen LogP contribution in [0.15, 0.2) is 30.3 Å². The first-order valence-electron chi connectivity index (χ1n) is 6.79. The molecule has 0 aliphatic heterocycles. The summed E-state index contributed by atoms with van der Waals surface area (Å²) < 4.78 is 37.5. The largest absolute Gasteiger partial charge is 0.416 e. The number of aryl methyl sites for hydroxylation is 2. The van der Waals surface area contributed by atoms with Crippen LogP contribution in [0.25, 0.3) is 0 Å². The van der Waals surface area contributed by atoms with Gasteiger partial charge in [0.25, 0.3) is 0 Å². The van der Waals surface area contributed by atoms with Gasteiger partial charge in [-0.15, -0.1) is 11.3 Å². The SMILES string of the molecule is O=C(c1ccc(C(F)(F)F)cc1)c1cc2c(s1)CCCC2. The Labute approximate surface area is 124 Å². The van der Waals surface area contributed by atoms with E-state index in [0.29, 0.717) is 10.4 Å². The molecule has 3 rings (SSSR count). The smallest absolute Gasteiger partial charge is 0.288 e. The van der Waals surface area contributed by atoms with Gasteiger partial charge in [-0.1, -0.05) is 12.1 Å². The fourth-order valence-corrected chi connectivity index (χ4v) is 3.77. The van der Waals surface area contributed by atoms with E-state index in [0.717, 1.165) is 37.8 Å². The van der Waals surface area contributed by atoms with Gasteiger partial charge in [-0.25, -0.2) is 0 Å². The first-order chi connectivity index (χ1) is 9.95. The third kappa shape index (κ3) is 2.88. The summed E-state index contributed by atoms with van der Waals surface area (Å²) in [5, 5.41) is 0. The van der Waals surface area contributed by atoms with Gasteiger partial charge >= 0.3 is 6.18 Å². The molecular formula is C16H13F3OS. The number of thiophene rings is 1. The molecule has 1 aliphatic carbocycles. The molecule has 110 valence electrons. The zero-order chi connectivity index (χ0) is 15.0. The predicted molar refractivity (Wildman–Crippen MR) is 75.8 cm³/mol. The number of carbonyl (C=O) groups excluding carboxylic acids is 1. The summed E-state index contributed by atoms with van der Waals surface area (Å²) in [6.45, 7) is 0. The molecule has 21 heavy (non-hydrogen) atoms. The van der Waals surface area contributed by atoms with E-state index < -0.39 is 11.7 Å². The van der Waals surface area contributed by atoms with Gasteiger partial charge in [0.1, 0.15) is 0 Å². The molecular weight excluding hydrogens is 297 g/mol. The Kier molecular flexibility index (Phi) is 3.61. The Bertz CT molecular complexity index is 644. The average molecular weight is 310 g/mol. The maximum atomic E-state index is 12.5. The molecule has 0 spiro atoms. The number of alkyl halides is 3. The second-order valence-corrected chi connectivity index (χ2v) is 6.31. The minimum atomic E-state index is -4.37. The second-order valence-electron chi connectivity index (χ2n) is 5.17. The van der Waals surface area contributed by atoms with Gasteiger partial charge in [0.15, 0.2) is 0 Å². The van der Waals surface area contributed by atoms with Crippen LogP contribution in [0.1, 0.15) is 44.1 Å². The summed E-state index contributed by atoms with van der Waals surface area (Å²) in [4.78, 5) is 14.2. The summed E-state index contributed by atoms with van der Waals surface area (Å²) in [5.41, 5.74) is 0.799. The lowest BCUT2D eigenvalue weighted by atomic mass is 9.98. The summed E-state index contributed by atoms with van der Waals surface area (Å²) in [7, 11) is 0. The highest BCUT2D eigenvalue weighted by atomic mass is 32.1. The molecule has 0 fully saturated rings. The first-order valence-corrected chi connectivity index (χ1v) is 7.60. The van der Waals surface area contributed by atoms with Crippen molar-refractivity contribution >= 4 is 17.1 Å². The molecule has 0 saturated carbocycles. The first kappa shape index (κ1) is 14.3. The average Bonchev–Trinajstić information content (AvgIpc) is 2.89. The topological polar surface area (TPSA) is 17.1 Å². The number of carbonyl (C=O) groups is 1. The molecule has 0 saturated heterocycles. The van der Waals surface area contributed by atoms with Crippen LogP contribution in [-0.2, 0) is 19.0 Å². The van der Waals surface area contributed by atoms with Crippen LogP contribution in [0.4, 0.5) is 13.2 Å². The van der Waals surface area contributed by atoms with E-state index in [1.807, 2.05) is 6.07 Å². The summed E-state index contributed by atoms with van der Waals surface area (Å²) >= 11 is 1.48. The Morgan fingerprint density at radius 2 is 1.71 bits per heavy atom. The zero-order valence-corrected chi connectivity index (χ0v) is 12.0. The monoisotopic (exact) mass is 310 g/mol. The molecule has 0 unspecified atom stereocenters. The van der Waals surface area contributed by atoms with Crippen LogP contribution < -0.4 is 0 Å². The fraction of sp³-hybridized carbons (Fsp3) is 0.312. The molecule has 1 heterocycles. The molecule has 1 aromatic carbocycles. The molecule has 1 nitrogen and oxygen atoms in total. The van der Waals surface area contributed by atoms with Gasteiger partial charge in [0, 0.05) is 10.4 Å². The van der Waals surface area contributed by atoms with E-state index in [4.69, 9.17) is 0 Å². The van der Waals surface area contributed by atoms with E-state index in [1.54, 1.807) is 0 Å². The number of rotatable bonds is 2. The number of benzene rings is 1. The fourth-order valence-electron chi connectivity index (χ4n) is 2.56. The highest BCUT2D eigenvalue weighted by molar-refractivity contribution is 7.14. The molecule has 1 aromatic heterocycles. The highest BCUT2D eigenvalue weighted by Crippen LogP contribution is 2.32. The number of halogens is 3. The molecule has 5 heteroatoms. The van der Waals surface area contributed by atoms with E-state index in [1.165, 1.54) is 33.9 Å². The van der Waals surface area contributed by atoms with Crippen molar-refractivity contribution in [2.45, 2.75) is 31.9 Å². The Hall–Kier alpha value is -1.62. The Balaban J connectivity index is 1.86. The van der Waals surface area contributed by atoms with Crippen LogP contribution in [0.3, 0.4) is 0 Å². The van der Waals surface area contributed by atoms with Gasteiger partial charge in [0.2, 0.25) is 5.78 Å². The molecule has 0 amide bonds. The minimum absolute atomic E-state index is 0.192. The number of hydrogen-bond acceptors (Lipinski definition) is 2. The lowest BCUT2D eigenvalue weighted by Gasteiger charge is -2.08. The number of hydrogen-bond donors (Lipinski definition) is 0. The summed E-state index contributed by atoms with van der Waals surface area (Å²) in [5.74, 6) is -0.192. The lowest BCUT2D eigenvalue weighted by molar-refractivity contribution is -0.137. The minimum Gasteiger partial charge on any atom is -0.288 e. The summed E-state index contributed by atoms with van der Waals surface area (Å²) in [6, 6.07) is 6.33. The van der Waals surface area contributed by atoms with Crippen LogP contribution in [0.5, 0.6) is 0 Å². The van der Waals surface area contributed by atoms with Crippen molar-refractivity contribution in [3.8, 4) is 0 Å².